The number of nitrogens with one attached hydrogen (secondary N) is 1. The van der Waals surface area contributed by atoms with Crippen LogP contribution in [0.5, 0.6) is 11.8 Å². The van der Waals surface area contributed by atoms with Gasteiger partial charge in [0.15, 0.2) is 0 Å². The number of amides is 1. The monoisotopic (exact) mass is 423 g/mol. The summed E-state index contributed by atoms with van der Waals surface area (Å²) < 4.78 is 6.67. The lowest BCUT2D eigenvalue weighted by molar-refractivity contribution is -0.117. The molecule has 0 spiro atoms. The second-order valence-corrected chi connectivity index (χ2v) is 7.52. The minimum atomic E-state index is 0.0271. The van der Waals surface area contributed by atoms with Gasteiger partial charge in [-0.25, -0.2) is 9.97 Å². The van der Waals surface area contributed by atoms with Crippen LogP contribution in [0, 0.1) is 12.8 Å². The molecule has 0 bridgehead atoms. The Labute approximate surface area is 165 Å². The Morgan fingerprint density at radius 2 is 1.89 bits per heavy atom. The van der Waals surface area contributed by atoms with Crippen molar-refractivity contribution in [3.8, 4) is 11.8 Å². The molecule has 27 heavy (non-hydrogen) atoms. The first-order valence-electron chi connectivity index (χ1n) is 8.72. The van der Waals surface area contributed by atoms with Crippen molar-refractivity contribution in [2.45, 2.75) is 19.3 Å². The smallest absolute Gasteiger partial charge is 0.321 e. The van der Waals surface area contributed by atoms with Gasteiger partial charge < -0.3 is 10.1 Å². The van der Waals surface area contributed by atoms with E-state index in [4.69, 9.17) is 4.74 Å². The Morgan fingerprint density at radius 3 is 2.59 bits per heavy atom. The molecule has 3 aromatic rings. The van der Waals surface area contributed by atoms with Crippen molar-refractivity contribution in [1.82, 2.24) is 9.97 Å². The number of hydrogen-bond acceptors (Lipinski definition) is 4. The van der Waals surface area contributed by atoms with E-state index in [0.717, 1.165) is 22.1 Å². The van der Waals surface area contributed by atoms with E-state index >= 15 is 0 Å². The first kappa shape index (κ1) is 17.7. The summed E-state index contributed by atoms with van der Waals surface area (Å²) in [5.74, 6) is 1.03. The Balaban J connectivity index is 1.39. The third-order valence-electron chi connectivity index (χ3n) is 4.63. The predicted molar refractivity (Wildman–Crippen MR) is 107 cm³/mol. The summed E-state index contributed by atoms with van der Waals surface area (Å²) in [5.41, 5.74) is 2.93. The predicted octanol–water partition coefficient (Wildman–Crippen LogP) is 5.08. The number of carbonyl (C=O) groups excluding carboxylic acids is 1. The number of aromatic nitrogens is 2. The molecule has 1 N–H and O–H groups in total. The van der Waals surface area contributed by atoms with E-state index in [1.165, 1.54) is 5.56 Å². The normalized spacial score (nSPS) is 18.0. The van der Waals surface area contributed by atoms with Gasteiger partial charge in [-0.3, -0.25) is 4.79 Å². The summed E-state index contributed by atoms with van der Waals surface area (Å²) in [7, 11) is 0. The van der Waals surface area contributed by atoms with Gasteiger partial charge in [-0.15, -0.1) is 0 Å². The van der Waals surface area contributed by atoms with Crippen LogP contribution in [0.4, 0.5) is 5.69 Å². The van der Waals surface area contributed by atoms with Crippen molar-refractivity contribution in [3.63, 3.8) is 0 Å². The van der Waals surface area contributed by atoms with Crippen LogP contribution in [0.25, 0.3) is 0 Å². The van der Waals surface area contributed by atoms with Crippen molar-refractivity contribution in [1.29, 1.82) is 0 Å². The van der Waals surface area contributed by atoms with Crippen molar-refractivity contribution in [3.05, 3.63) is 76.5 Å². The quantitative estimate of drug-likeness (QED) is 0.620. The molecule has 2 aromatic carbocycles. The van der Waals surface area contributed by atoms with E-state index in [9.17, 15) is 4.79 Å². The highest BCUT2D eigenvalue weighted by Gasteiger charge is 2.43. The summed E-state index contributed by atoms with van der Waals surface area (Å²) in [6.45, 7) is 1.94. The van der Waals surface area contributed by atoms with Crippen molar-refractivity contribution < 1.29 is 9.53 Å². The zero-order chi connectivity index (χ0) is 18.8. The number of nitrogens with zero attached hydrogens (tertiary/aromatic N) is 2. The highest BCUT2D eigenvalue weighted by atomic mass is 79.9. The molecular formula is C21H18BrN3O2. The first-order valence-corrected chi connectivity index (χ1v) is 9.51. The Bertz CT molecular complexity index is 961. The second kappa shape index (κ2) is 7.48. The summed E-state index contributed by atoms with van der Waals surface area (Å²) in [6.07, 6.45) is 4.14. The maximum Gasteiger partial charge on any atom is 0.321 e. The summed E-state index contributed by atoms with van der Waals surface area (Å²) in [4.78, 5) is 20.7. The average molecular weight is 424 g/mol. The van der Waals surface area contributed by atoms with Gasteiger partial charge in [0, 0.05) is 28.5 Å². The molecule has 1 saturated carbocycles. The molecule has 136 valence electrons. The van der Waals surface area contributed by atoms with Gasteiger partial charge in [0.1, 0.15) is 5.75 Å². The van der Waals surface area contributed by atoms with E-state index < -0.39 is 0 Å². The molecule has 1 heterocycles. The zero-order valence-electron chi connectivity index (χ0n) is 14.7. The van der Waals surface area contributed by atoms with Crippen LogP contribution in [0.15, 0.2) is 65.4 Å². The molecule has 0 radical (unpaired) electrons. The highest BCUT2D eigenvalue weighted by Crippen LogP contribution is 2.48. The van der Waals surface area contributed by atoms with Gasteiger partial charge in [-0.05, 0) is 66.8 Å². The van der Waals surface area contributed by atoms with E-state index in [-0.39, 0.29) is 11.8 Å². The standard InChI is InChI=1S/C21H18BrN3O2/c1-13-11-16(27-21-23-9-2-10-24-21)7-8-19(13)25-20(26)18-12-17(18)14-3-5-15(22)6-4-14/h2-11,17-18H,12H2,1H3,(H,25,26). The number of carbonyl (C=O) groups is 1. The lowest BCUT2D eigenvalue weighted by atomic mass is 10.1. The van der Waals surface area contributed by atoms with Gasteiger partial charge in [-0.1, -0.05) is 28.1 Å². The van der Waals surface area contributed by atoms with Crippen molar-refractivity contribution in [2.24, 2.45) is 5.92 Å². The minimum Gasteiger partial charge on any atom is -0.424 e. The first-order chi connectivity index (χ1) is 13.1. The number of aryl methyl sites for hydroxylation is 1. The van der Waals surface area contributed by atoms with Crippen molar-refractivity contribution >= 4 is 27.5 Å². The van der Waals surface area contributed by atoms with Crippen LogP contribution in [-0.2, 0) is 4.79 Å². The maximum absolute atomic E-state index is 12.6. The van der Waals surface area contributed by atoms with Crippen LogP contribution in [0.3, 0.4) is 0 Å². The van der Waals surface area contributed by atoms with Crippen LogP contribution in [0.1, 0.15) is 23.5 Å². The topological polar surface area (TPSA) is 64.1 Å². The van der Waals surface area contributed by atoms with Crippen LogP contribution in [-0.4, -0.2) is 15.9 Å². The molecule has 2 atom stereocenters. The number of ether oxygens (including phenoxy) is 1. The van der Waals surface area contributed by atoms with Gasteiger partial charge in [0.05, 0.1) is 0 Å². The summed E-state index contributed by atoms with van der Waals surface area (Å²) in [5, 5.41) is 3.04. The van der Waals surface area contributed by atoms with Crippen LogP contribution < -0.4 is 10.1 Å². The fourth-order valence-electron chi connectivity index (χ4n) is 3.07. The average Bonchev–Trinajstić information content (AvgIpc) is 3.46. The Kier molecular flexibility index (Phi) is 4.90. The number of rotatable bonds is 5. The van der Waals surface area contributed by atoms with Crippen LogP contribution in [0.2, 0.25) is 0 Å². The van der Waals surface area contributed by atoms with E-state index in [1.54, 1.807) is 24.5 Å². The molecule has 0 saturated heterocycles. The number of halogens is 1. The lowest BCUT2D eigenvalue weighted by Gasteiger charge is -2.10. The fourth-order valence-corrected chi connectivity index (χ4v) is 3.34. The molecule has 6 heteroatoms. The molecule has 1 aliphatic carbocycles. The van der Waals surface area contributed by atoms with Gasteiger partial charge in [-0.2, -0.15) is 0 Å². The number of benzene rings is 2. The Hall–Kier alpha value is -2.73. The third kappa shape index (κ3) is 4.17. The van der Waals surface area contributed by atoms with Gasteiger partial charge in [0.2, 0.25) is 5.91 Å². The molecule has 1 aliphatic rings. The molecule has 1 aromatic heterocycles. The van der Waals surface area contributed by atoms with Gasteiger partial charge in [0.25, 0.3) is 0 Å². The van der Waals surface area contributed by atoms with E-state index in [1.807, 2.05) is 31.2 Å². The fraction of sp³-hybridized carbons (Fsp3) is 0.190. The Morgan fingerprint density at radius 1 is 1.15 bits per heavy atom. The zero-order valence-corrected chi connectivity index (χ0v) is 16.3. The lowest BCUT2D eigenvalue weighted by Crippen LogP contribution is -2.15. The molecule has 2 unspecified atom stereocenters. The minimum absolute atomic E-state index is 0.0271. The molecule has 1 fully saturated rings. The summed E-state index contributed by atoms with van der Waals surface area (Å²) >= 11 is 3.44. The van der Waals surface area contributed by atoms with E-state index in [0.29, 0.717) is 17.7 Å². The number of anilines is 1. The van der Waals surface area contributed by atoms with Gasteiger partial charge >= 0.3 is 6.01 Å². The molecule has 0 aliphatic heterocycles. The van der Waals surface area contributed by atoms with E-state index in [2.05, 4.69) is 43.3 Å². The number of hydrogen-bond donors (Lipinski definition) is 1. The molecule has 4 rings (SSSR count). The third-order valence-corrected chi connectivity index (χ3v) is 5.16. The highest BCUT2D eigenvalue weighted by molar-refractivity contribution is 9.10. The van der Waals surface area contributed by atoms with Crippen molar-refractivity contribution in [2.75, 3.05) is 5.32 Å². The second-order valence-electron chi connectivity index (χ2n) is 6.60. The largest absolute Gasteiger partial charge is 0.424 e. The van der Waals surface area contributed by atoms with Crippen LogP contribution >= 0.6 is 15.9 Å². The SMILES string of the molecule is Cc1cc(Oc2ncccn2)ccc1NC(=O)C1CC1c1ccc(Br)cc1. The maximum atomic E-state index is 12.6. The molecule has 5 nitrogen and oxygen atoms in total. The summed E-state index contributed by atoms with van der Waals surface area (Å²) in [6, 6.07) is 15.7. The molecule has 1 amide bonds. The molecular weight excluding hydrogens is 406 g/mol.